The van der Waals surface area contributed by atoms with E-state index in [-0.39, 0.29) is 82.5 Å². The van der Waals surface area contributed by atoms with Gasteiger partial charge in [-0.15, -0.1) is 0 Å². The monoisotopic (exact) mass is 903 g/mol. The Morgan fingerprint density at radius 1 is 0.889 bits per heavy atom. The number of primary amides is 1. The minimum Gasteiger partial charge on any atom is -0.394 e. The lowest BCUT2D eigenvalue weighted by molar-refractivity contribution is -0.143. The second kappa shape index (κ2) is 27.3. The van der Waals surface area contributed by atoms with Crippen molar-refractivity contribution in [2.75, 3.05) is 26.7 Å². The minimum absolute atomic E-state index is 0.0101. The number of allylic oxidation sites excluding steroid dienone is 3. The summed E-state index contributed by atoms with van der Waals surface area (Å²) in [6.45, 7) is 12.4. The first-order chi connectivity index (χ1) is 29.9. The van der Waals surface area contributed by atoms with Gasteiger partial charge in [-0.2, -0.15) is 0 Å². The predicted octanol–water partition coefficient (Wildman–Crippen LogP) is -1.00. The van der Waals surface area contributed by atoms with Gasteiger partial charge in [-0.25, -0.2) is 0 Å². The first-order valence-corrected chi connectivity index (χ1v) is 21.6. The quantitative estimate of drug-likeness (QED) is 0.0890. The van der Waals surface area contributed by atoms with Crippen LogP contribution in [0.25, 0.3) is 0 Å². The SMILES string of the molecule is C=C/C(Cl)=C(\C=C)C[C@H]1NC(=O)[C@@H]2CCCN2C(=O)[C@@H](NC(=O)[C@H](CCCN)NC(C)=O)CCC(=O)NCCC[C@@H](C(N)=O)NC(=O)[C@H](C/C(C)=C/NC)NC(=O)[C@H](CC)NC1=O. The molecular formula is C42H66ClN11O9. The van der Waals surface area contributed by atoms with E-state index >= 15 is 0 Å². The lowest BCUT2D eigenvalue weighted by Gasteiger charge is -2.31. The first-order valence-electron chi connectivity index (χ1n) is 21.2. The number of carbonyl (C=O) groups is 9. The van der Waals surface area contributed by atoms with Crippen LogP contribution in [0.5, 0.6) is 0 Å². The van der Waals surface area contributed by atoms with Gasteiger partial charge in [-0.05, 0) is 83.0 Å². The number of halogens is 1. The van der Waals surface area contributed by atoms with E-state index in [9.17, 15) is 43.2 Å². The lowest BCUT2D eigenvalue weighted by Crippen LogP contribution is -2.59. The molecule has 2 saturated heterocycles. The molecule has 2 fully saturated rings. The third kappa shape index (κ3) is 17.5. The van der Waals surface area contributed by atoms with E-state index in [0.29, 0.717) is 24.0 Å². The number of nitrogens with one attached hydrogen (secondary N) is 8. The van der Waals surface area contributed by atoms with Crippen LogP contribution in [0.4, 0.5) is 0 Å². The highest BCUT2D eigenvalue weighted by Gasteiger charge is 2.40. The summed E-state index contributed by atoms with van der Waals surface area (Å²) >= 11 is 6.39. The van der Waals surface area contributed by atoms with Gasteiger partial charge in [-0.1, -0.05) is 49.4 Å². The number of rotatable bonds is 15. The lowest BCUT2D eigenvalue weighted by atomic mass is 10.0. The molecule has 350 valence electrons. The van der Waals surface area contributed by atoms with Crippen molar-refractivity contribution in [3.63, 3.8) is 0 Å². The zero-order valence-electron chi connectivity index (χ0n) is 36.7. The van der Waals surface area contributed by atoms with Crippen molar-refractivity contribution in [1.29, 1.82) is 0 Å². The Kier molecular flexibility index (Phi) is 23.2. The van der Waals surface area contributed by atoms with E-state index in [0.717, 1.165) is 0 Å². The van der Waals surface area contributed by atoms with E-state index in [4.69, 9.17) is 23.1 Å². The highest BCUT2D eigenvalue weighted by atomic mass is 35.5. The maximum atomic E-state index is 14.4. The average Bonchev–Trinajstić information content (AvgIpc) is 3.74. The summed E-state index contributed by atoms with van der Waals surface area (Å²) in [6.07, 6.45) is 5.05. The van der Waals surface area contributed by atoms with Crippen LogP contribution in [0.15, 0.2) is 47.7 Å². The summed E-state index contributed by atoms with van der Waals surface area (Å²) in [7, 11) is 1.66. The van der Waals surface area contributed by atoms with E-state index in [2.05, 4.69) is 55.7 Å². The van der Waals surface area contributed by atoms with Gasteiger partial charge in [0.05, 0.1) is 0 Å². The molecule has 12 N–H and O–H groups in total. The largest absolute Gasteiger partial charge is 0.394 e. The molecule has 0 aromatic heterocycles. The van der Waals surface area contributed by atoms with E-state index in [1.54, 1.807) is 27.1 Å². The van der Waals surface area contributed by atoms with Gasteiger partial charge in [0, 0.05) is 44.9 Å². The standard InChI is InChI=1S/C42H66ClN11O9/c1-7-26(27(43)8-2)22-33-40(61)49-28(9-3)37(58)52-32(21-24(4)23-46-6)39(60)50-29(36(45)57)14-11-19-47-35(56)17-16-31(42(63)54-20-12-15-34(54)41(62)53-33)51-38(59)30(13-10-18-44)48-25(5)55/h7-8,23,28-34,46H,1-2,9-22,44H2,3-6H3,(H2,45,57)(H,47,56)(H,48,55)(H,49,61)(H,50,60)(H,51,59)(H,52,58)(H,53,62)/b24-23+,27-26-/t28-,29-,30-,31-,32-,33+,34-/m0/s1. The molecule has 2 aliphatic heterocycles. The summed E-state index contributed by atoms with van der Waals surface area (Å²) in [5.74, 6) is -6.21. The molecule has 0 bridgehead atoms. The molecule has 9 amide bonds. The van der Waals surface area contributed by atoms with Crippen LogP contribution in [0.3, 0.4) is 0 Å². The number of nitrogens with two attached hydrogens (primary N) is 2. The zero-order valence-corrected chi connectivity index (χ0v) is 37.5. The Bertz CT molecular complexity index is 1770. The first kappa shape index (κ1) is 53.4. The summed E-state index contributed by atoms with van der Waals surface area (Å²) in [6, 6.07) is -8.50. The minimum atomic E-state index is -1.38. The predicted molar refractivity (Wildman–Crippen MR) is 237 cm³/mol. The molecule has 0 unspecified atom stereocenters. The molecule has 2 rings (SSSR count). The summed E-state index contributed by atoms with van der Waals surface area (Å²) in [4.78, 5) is 123. The maximum Gasteiger partial charge on any atom is 0.245 e. The van der Waals surface area contributed by atoms with E-state index < -0.39 is 95.5 Å². The molecule has 0 saturated carbocycles. The number of amides is 9. The smallest absolute Gasteiger partial charge is 0.245 e. The normalized spacial score (nSPS) is 24.7. The van der Waals surface area contributed by atoms with Crippen molar-refractivity contribution in [3.8, 4) is 0 Å². The molecular weight excluding hydrogens is 838 g/mol. The number of nitrogens with zero attached hydrogens (tertiary/aromatic N) is 1. The highest BCUT2D eigenvalue weighted by Crippen LogP contribution is 2.22. The molecule has 0 aromatic rings. The van der Waals surface area contributed by atoms with Gasteiger partial charge in [0.2, 0.25) is 53.2 Å². The number of fused-ring (bicyclic) bond motifs is 1. The average molecular weight is 905 g/mol. The molecule has 20 nitrogen and oxygen atoms in total. The fourth-order valence-corrected chi connectivity index (χ4v) is 7.32. The Hall–Kier alpha value is -5.76. The Morgan fingerprint density at radius 2 is 1.52 bits per heavy atom. The van der Waals surface area contributed by atoms with Crippen molar-refractivity contribution in [2.24, 2.45) is 11.5 Å². The molecule has 2 aliphatic rings. The molecule has 0 aromatic carbocycles. The van der Waals surface area contributed by atoms with Crippen molar-refractivity contribution in [1.82, 2.24) is 47.4 Å². The van der Waals surface area contributed by atoms with Crippen LogP contribution >= 0.6 is 11.6 Å². The third-order valence-electron chi connectivity index (χ3n) is 10.5. The van der Waals surface area contributed by atoms with Crippen LogP contribution in [0, 0.1) is 0 Å². The van der Waals surface area contributed by atoms with Gasteiger partial charge in [0.15, 0.2) is 0 Å². The molecule has 0 aliphatic carbocycles. The van der Waals surface area contributed by atoms with Crippen LogP contribution in [0.2, 0.25) is 0 Å². The molecule has 21 heteroatoms. The fourth-order valence-electron chi connectivity index (χ4n) is 7.17. The van der Waals surface area contributed by atoms with Gasteiger partial charge in [0.1, 0.15) is 42.3 Å². The molecule has 0 spiro atoms. The second-order valence-corrected chi connectivity index (χ2v) is 15.9. The van der Waals surface area contributed by atoms with Crippen molar-refractivity contribution >= 4 is 64.8 Å². The Morgan fingerprint density at radius 3 is 2.13 bits per heavy atom. The Balaban J connectivity index is 2.66. The molecule has 0 radical (unpaired) electrons. The van der Waals surface area contributed by atoms with Crippen LogP contribution in [0.1, 0.15) is 91.4 Å². The van der Waals surface area contributed by atoms with Crippen LogP contribution in [-0.4, -0.2) is 127 Å². The van der Waals surface area contributed by atoms with Gasteiger partial charge in [-0.3, -0.25) is 43.2 Å². The topological polar surface area (TPSA) is 305 Å². The van der Waals surface area contributed by atoms with Crippen LogP contribution in [-0.2, 0) is 43.2 Å². The van der Waals surface area contributed by atoms with Crippen molar-refractivity contribution in [2.45, 2.75) is 134 Å². The molecule has 7 atom stereocenters. The van der Waals surface area contributed by atoms with Crippen molar-refractivity contribution in [3.05, 3.63) is 47.7 Å². The number of carbonyl (C=O) groups excluding carboxylic acids is 9. The highest BCUT2D eigenvalue weighted by molar-refractivity contribution is 6.31. The van der Waals surface area contributed by atoms with Gasteiger partial charge >= 0.3 is 0 Å². The second-order valence-electron chi connectivity index (χ2n) is 15.5. The molecule has 2 heterocycles. The molecule has 63 heavy (non-hydrogen) atoms. The van der Waals surface area contributed by atoms with E-state index in [1.165, 1.54) is 24.0 Å². The summed E-state index contributed by atoms with van der Waals surface area (Å²) in [5.41, 5.74) is 12.3. The maximum absolute atomic E-state index is 14.4. The van der Waals surface area contributed by atoms with Crippen molar-refractivity contribution < 1.29 is 43.2 Å². The Labute approximate surface area is 374 Å². The van der Waals surface area contributed by atoms with E-state index in [1.807, 2.05) is 0 Å². The number of hydrogen-bond acceptors (Lipinski definition) is 11. The third-order valence-corrected chi connectivity index (χ3v) is 10.9. The fraction of sp³-hybridized carbons (Fsp3) is 0.595. The number of hydrogen-bond donors (Lipinski definition) is 10. The van der Waals surface area contributed by atoms with Gasteiger partial charge < -0.3 is 58.9 Å². The van der Waals surface area contributed by atoms with Gasteiger partial charge in [0.25, 0.3) is 0 Å². The summed E-state index contributed by atoms with van der Waals surface area (Å²) in [5, 5.41) is 21.6. The van der Waals surface area contributed by atoms with Crippen LogP contribution < -0.4 is 54.0 Å². The summed E-state index contributed by atoms with van der Waals surface area (Å²) < 4.78 is 0. The zero-order chi connectivity index (χ0) is 47.2.